The second-order valence-electron chi connectivity index (χ2n) is 4.85. The molecular weight excluding hydrogens is 236 g/mol. The molecule has 1 aliphatic rings. The van der Waals surface area contributed by atoms with Crippen LogP contribution in [0.4, 0.5) is 0 Å². The first-order chi connectivity index (χ1) is 7.92. The second kappa shape index (κ2) is 4.14. The second-order valence-corrected chi connectivity index (χ2v) is 5.63. The van der Waals surface area contributed by atoms with E-state index in [1.54, 1.807) is 37.0 Å². The maximum atomic E-state index is 12.2. The van der Waals surface area contributed by atoms with Crippen LogP contribution in [0.1, 0.15) is 26.3 Å². The molecule has 92 valence electrons. The average Bonchev–Trinajstić information content (AvgIpc) is 2.74. The molecule has 1 aliphatic heterocycles. The number of piperazine rings is 1. The van der Waals surface area contributed by atoms with Gasteiger partial charge in [-0.25, -0.2) is 0 Å². The van der Waals surface area contributed by atoms with E-state index in [2.05, 4.69) is 5.32 Å². The number of thiophene rings is 1. The molecule has 4 nitrogen and oxygen atoms in total. The SMILES string of the molecule is CC1C(=O)NC(C)(C)C(=O)N1Cc1ccsc1. The molecule has 0 radical (unpaired) electrons. The number of hydrogen-bond donors (Lipinski definition) is 1. The van der Waals surface area contributed by atoms with Crippen LogP contribution >= 0.6 is 11.3 Å². The lowest BCUT2D eigenvalue weighted by molar-refractivity contribution is -0.153. The normalized spacial score (nSPS) is 23.7. The van der Waals surface area contributed by atoms with Crippen LogP contribution in [-0.2, 0) is 16.1 Å². The van der Waals surface area contributed by atoms with Crippen LogP contribution < -0.4 is 5.32 Å². The number of amides is 2. The van der Waals surface area contributed by atoms with Gasteiger partial charge in [-0.05, 0) is 43.2 Å². The number of nitrogens with zero attached hydrogens (tertiary/aromatic N) is 1. The smallest absolute Gasteiger partial charge is 0.248 e. The minimum Gasteiger partial charge on any atom is -0.340 e. The molecule has 0 saturated carbocycles. The van der Waals surface area contributed by atoms with Gasteiger partial charge in [0.05, 0.1) is 0 Å². The van der Waals surface area contributed by atoms with Crippen molar-refractivity contribution < 1.29 is 9.59 Å². The predicted molar refractivity (Wildman–Crippen MR) is 66.6 cm³/mol. The van der Waals surface area contributed by atoms with Crippen molar-refractivity contribution in [3.63, 3.8) is 0 Å². The Morgan fingerprint density at radius 3 is 2.76 bits per heavy atom. The highest BCUT2D eigenvalue weighted by Gasteiger charge is 2.43. The van der Waals surface area contributed by atoms with Gasteiger partial charge in [-0.3, -0.25) is 9.59 Å². The zero-order valence-electron chi connectivity index (χ0n) is 10.2. The third-order valence-corrected chi connectivity index (χ3v) is 3.74. The van der Waals surface area contributed by atoms with Gasteiger partial charge in [-0.2, -0.15) is 11.3 Å². The molecule has 2 heterocycles. The van der Waals surface area contributed by atoms with E-state index in [0.29, 0.717) is 6.54 Å². The summed E-state index contributed by atoms with van der Waals surface area (Å²) >= 11 is 1.59. The molecule has 5 heteroatoms. The summed E-state index contributed by atoms with van der Waals surface area (Å²) < 4.78 is 0. The molecule has 1 N–H and O–H groups in total. The zero-order chi connectivity index (χ0) is 12.6. The van der Waals surface area contributed by atoms with Gasteiger partial charge in [0.15, 0.2) is 0 Å². The van der Waals surface area contributed by atoms with Crippen molar-refractivity contribution in [2.45, 2.75) is 38.9 Å². The molecule has 1 saturated heterocycles. The summed E-state index contributed by atoms with van der Waals surface area (Å²) in [5.41, 5.74) is 0.264. The quantitative estimate of drug-likeness (QED) is 0.864. The van der Waals surface area contributed by atoms with Crippen LogP contribution in [0.25, 0.3) is 0 Å². The Hall–Kier alpha value is -1.36. The van der Waals surface area contributed by atoms with Crippen molar-refractivity contribution >= 4 is 23.2 Å². The molecule has 1 aromatic heterocycles. The van der Waals surface area contributed by atoms with E-state index in [1.807, 2.05) is 16.8 Å². The molecule has 2 rings (SSSR count). The Kier molecular flexibility index (Phi) is 2.95. The molecule has 1 fully saturated rings. The first-order valence-corrected chi connectivity index (χ1v) is 6.50. The number of hydrogen-bond acceptors (Lipinski definition) is 3. The highest BCUT2D eigenvalue weighted by atomic mass is 32.1. The lowest BCUT2D eigenvalue weighted by atomic mass is 9.97. The summed E-state index contributed by atoms with van der Waals surface area (Å²) in [6.45, 7) is 5.73. The number of carbonyl (C=O) groups excluding carboxylic acids is 2. The Morgan fingerprint density at radius 1 is 1.47 bits per heavy atom. The topological polar surface area (TPSA) is 49.4 Å². The molecule has 1 atom stereocenters. The maximum absolute atomic E-state index is 12.2. The summed E-state index contributed by atoms with van der Waals surface area (Å²) in [5, 5.41) is 6.71. The van der Waals surface area contributed by atoms with E-state index in [0.717, 1.165) is 5.56 Å². The highest BCUT2D eigenvalue weighted by Crippen LogP contribution is 2.21. The minimum absolute atomic E-state index is 0.0317. The third-order valence-electron chi connectivity index (χ3n) is 3.01. The van der Waals surface area contributed by atoms with Gasteiger partial charge in [0.1, 0.15) is 11.6 Å². The van der Waals surface area contributed by atoms with Crippen molar-refractivity contribution in [2.75, 3.05) is 0 Å². The van der Waals surface area contributed by atoms with Gasteiger partial charge in [0.2, 0.25) is 11.8 Å². The first kappa shape index (κ1) is 12.1. The summed E-state index contributed by atoms with van der Waals surface area (Å²) in [6, 6.07) is 1.57. The molecule has 1 aromatic rings. The Labute approximate surface area is 105 Å². The molecule has 0 spiro atoms. The van der Waals surface area contributed by atoms with Gasteiger partial charge in [-0.15, -0.1) is 0 Å². The predicted octanol–water partition coefficient (Wildman–Crippen LogP) is 1.37. The van der Waals surface area contributed by atoms with Crippen LogP contribution in [0.15, 0.2) is 16.8 Å². The molecule has 2 amide bonds. The van der Waals surface area contributed by atoms with Gasteiger partial charge in [0, 0.05) is 6.54 Å². The van der Waals surface area contributed by atoms with E-state index in [-0.39, 0.29) is 11.8 Å². The number of rotatable bonds is 2. The molecule has 0 aromatic carbocycles. The zero-order valence-corrected chi connectivity index (χ0v) is 11.0. The summed E-state index contributed by atoms with van der Waals surface area (Å²) in [4.78, 5) is 25.7. The van der Waals surface area contributed by atoms with Gasteiger partial charge >= 0.3 is 0 Å². The maximum Gasteiger partial charge on any atom is 0.248 e. The van der Waals surface area contributed by atoms with Crippen LogP contribution in [0.5, 0.6) is 0 Å². The first-order valence-electron chi connectivity index (χ1n) is 5.56. The monoisotopic (exact) mass is 252 g/mol. The van der Waals surface area contributed by atoms with Gasteiger partial charge in [0.25, 0.3) is 0 Å². The van der Waals surface area contributed by atoms with Crippen LogP contribution in [0, 0.1) is 0 Å². The van der Waals surface area contributed by atoms with Crippen molar-refractivity contribution in [3.05, 3.63) is 22.4 Å². The molecule has 0 aliphatic carbocycles. The van der Waals surface area contributed by atoms with E-state index >= 15 is 0 Å². The number of nitrogens with one attached hydrogen (secondary N) is 1. The van der Waals surface area contributed by atoms with E-state index in [4.69, 9.17) is 0 Å². The van der Waals surface area contributed by atoms with Crippen LogP contribution in [0.2, 0.25) is 0 Å². The van der Waals surface area contributed by atoms with Crippen molar-refractivity contribution in [2.24, 2.45) is 0 Å². The Morgan fingerprint density at radius 2 is 2.18 bits per heavy atom. The third kappa shape index (κ3) is 2.20. The van der Waals surface area contributed by atoms with Crippen molar-refractivity contribution in [1.29, 1.82) is 0 Å². The summed E-state index contributed by atoms with van der Waals surface area (Å²) in [6.07, 6.45) is 0. The minimum atomic E-state index is -0.806. The number of carbonyl (C=O) groups is 2. The van der Waals surface area contributed by atoms with Crippen molar-refractivity contribution in [3.8, 4) is 0 Å². The summed E-state index contributed by atoms with van der Waals surface area (Å²) in [7, 11) is 0. The fourth-order valence-corrected chi connectivity index (χ4v) is 2.59. The van der Waals surface area contributed by atoms with Crippen LogP contribution in [0.3, 0.4) is 0 Å². The van der Waals surface area contributed by atoms with Gasteiger partial charge in [-0.1, -0.05) is 0 Å². The van der Waals surface area contributed by atoms with E-state index in [1.165, 1.54) is 0 Å². The molecular formula is C12H16N2O2S. The average molecular weight is 252 g/mol. The van der Waals surface area contributed by atoms with Gasteiger partial charge < -0.3 is 10.2 Å². The fraction of sp³-hybridized carbons (Fsp3) is 0.500. The largest absolute Gasteiger partial charge is 0.340 e. The lowest BCUT2D eigenvalue weighted by Gasteiger charge is -2.41. The standard InChI is InChI=1S/C12H16N2O2S/c1-8-10(15)13-12(2,3)11(16)14(8)6-9-4-5-17-7-9/h4-5,7-8H,6H2,1-3H3,(H,13,15). The molecule has 0 bridgehead atoms. The highest BCUT2D eigenvalue weighted by molar-refractivity contribution is 7.07. The van der Waals surface area contributed by atoms with E-state index < -0.39 is 11.6 Å². The Balaban J connectivity index is 2.23. The molecule has 1 unspecified atom stereocenters. The van der Waals surface area contributed by atoms with E-state index in [9.17, 15) is 9.59 Å². The lowest BCUT2D eigenvalue weighted by Crippen LogP contribution is -2.66. The molecule has 17 heavy (non-hydrogen) atoms. The van der Waals surface area contributed by atoms with Crippen LogP contribution in [-0.4, -0.2) is 28.3 Å². The van der Waals surface area contributed by atoms with Crippen molar-refractivity contribution in [1.82, 2.24) is 10.2 Å². The fourth-order valence-electron chi connectivity index (χ4n) is 1.93. The Bertz CT molecular complexity index is 439. The summed E-state index contributed by atoms with van der Waals surface area (Å²) in [5.74, 6) is -0.124.